The third-order valence-corrected chi connectivity index (χ3v) is 3.44. The van der Waals surface area contributed by atoms with Crippen molar-refractivity contribution in [1.29, 1.82) is 0 Å². The van der Waals surface area contributed by atoms with Gasteiger partial charge >= 0.3 is 0 Å². The van der Waals surface area contributed by atoms with Gasteiger partial charge in [-0.15, -0.1) is 0 Å². The molecule has 0 radical (unpaired) electrons. The molecule has 1 fully saturated rings. The Labute approximate surface area is 110 Å². The summed E-state index contributed by atoms with van der Waals surface area (Å²) in [7, 11) is 0. The number of rotatable bonds is 6. The molecule has 1 aliphatic heterocycles. The Kier molecular flexibility index (Phi) is 5.55. The van der Waals surface area contributed by atoms with Crippen molar-refractivity contribution >= 4 is 0 Å². The van der Waals surface area contributed by atoms with Crippen LogP contribution in [0.2, 0.25) is 0 Å². The van der Waals surface area contributed by atoms with E-state index in [1.54, 1.807) is 0 Å². The molecular weight excluding hydrogens is 224 g/mol. The van der Waals surface area contributed by atoms with E-state index in [1.165, 1.54) is 32.4 Å². The Balaban J connectivity index is 1.86. The van der Waals surface area contributed by atoms with Gasteiger partial charge < -0.3 is 5.32 Å². The molecule has 1 N–H and O–H groups in total. The van der Waals surface area contributed by atoms with Crippen molar-refractivity contribution in [2.45, 2.75) is 32.7 Å². The van der Waals surface area contributed by atoms with Crippen molar-refractivity contribution in [3.63, 3.8) is 0 Å². The molecule has 0 aromatic carbocycles. The molecule has 2 heterocycles. The standard InChI is InChI=1S/C14H24N4/c1-2-9-18(11-13-5-3-6-15-10-13)12-14-16-7-4-8-17-14/h4,7-8,13,15H,2-3,5-6,9-12H2,1H3. The highest BCUT2D eigenvalue weighted by Crippen LogP contribution is 2.13. The average molecular weight is 248 g/mol. The summed E-state index contributed by atoms with van der Waals surface area (Å²) in [6, 6.07) is 1.87. The maximum absolute atomic E-state index is 4.33. The van der Waals surface area contributed by atoms with E-state index >= 15 is 0 Å². The normalized spacial score (nSPS) is 20.2. The second kappa shape index (κ2) is 7.44. The summed E-state index contributed by atoms with van der Waals surface area (Å²) in [5.41, 5.74) is 0. The summed E-state index contributed by atoms with van der Waals surface area (Å²) < 4.78 is 0. The van der Waals surface area contributed by atoms with Crippen LogP contribution in [-0.2, 0) is 6.54 Å². The lowest BCUT2D eigenvalue weighted by molar-refractivity contribution is 0.197. The molecule has 4 heteroatoms. The summed E-state index contributed by atoms with van der Waals surface area (Å²) >= 11 is 0. The Morgan fingerprint density at radius 3 is 2.89 bits per heavy atom. The molecule has 0 saturated carbocycles. The Bertz CT molecular complexity index is 322. The molecule has 0 bridgehead atoms. The average Bonchev–Trinajstić information content (AvgIpc) is 2.41. The molecule has 0 aliphatic carbocycles. The summed E-state index contributed by atoms with van der Waals surface area (Å²) in [6.45, 7) is 7.76. The zero-order valence-corrected chi connectivity index (χ0v) is 11.3. The minimum Gasteiger partial charge on any atom is -0.316 e. The lowest BCUT2D eigenvalue weighted by atomic mass is 9.99. The maximum atomic E-state index is 4.33. The largest absolute Gasteiger partial charge is 0.316 e. The highest BCUT2D eigenvalue weighted by atomic mass is 15.1. The summed E-state index contributed by atoms with van der Waals surface area (Å²) in [6.07, 6.45) is 7.51. The van der Waals surface area contributed by atoms with Crippen LogP contribution in [-0.4, -0.2) is 41.0 Å². The van der Waals surface area contributed by atoms with Crippen molar-refractivity contribution in [2.75, 3.05) is 26.2 Å². The molecule has 18 heavy (non-hydrogen) atoms. The molecular formula is C14H24N4. The molecule has 2 rings (SSSR count). The molecule has 1 aromatic rings. The van der Waals surface area contributed by atoms with E-state index < -0.39 is 0 Å². The van der Waals surface area contributed by atoms with E-state index in [4.69, 9.17) is 0 Å². The third-order valence-electron chi connectivity index (χ3n) is 3.44. The highest BCUT2D eigenvalue weighted by Gasteiger charge is 2.17. The number of hydrogen-bond donors (Lipinski definition) is 1. The van der Waals surface area contributed by atoms with Gasteiger partial charge in [0.25, 0.3) is 0 Å². The van der Waals surface area contributed by atoms with Gasteiger partial charge in [-0.2, -0.15) is 0 Å². The number of nitrogens with one attached hydrogen (secondary N) is 1. The first-order valence-electron chi connectivity index (χ1n) is 7.07. The van der Waals surface area contributed by atoms with Crippen LogP contribution in [0.1, 0.15) is 32.0 Å². The van der Waals surface area contributed by atoms with Crippen LogP contribution in [0.15, 0.2) is 18.5 Å². The molecule has 0 spiro atoms. The quantitative estimate of drug-likeness (QED) is 0.832. The van der Waals surface area contributed by atoms with Gasteiger partial charge in [-0.1, -0.05) is 6.92 Å². The first-order valence-corrected chi connectivity index (χ1v) is 7.07. The second-order valence-electron chi connectivity index (χ2n) is 5.11. The zero-order valence-electron chi connectivity index (χ0n) is 11.3. The van der Waals surface area contributed by atoms with Crippen LogP contribution < -0.4 is 5.32 Å². The van der Waals surface area contributed by atoms with Crippen molar-refractivity contribution in [1.82, 2.24) is 20.2 Å². The lowest BCUT2D eigenvalue weighted by Crippen LogP contribution is -2.38. The fourth-order valence-electron chi connectivity index (χ4n) is 2.61. The van der Waals surface area contributed by atoms with Crippen molar-refractivity contribution in [3.8, 4) is 0 Å². The van der Waals surface area contributed by atoms with Gasteiger partial charge in [0.05, 0.1) is 6.54 Å². The SMILES string of the molecule is CCCN(Cc1ncccn1)CC1CCCNC1. The van der Waals surface area contributed by atoms with Gasteiger partial charge in [0.1, 0.15) is 5.82 Å². The van der Waals surface area contributed by atoms with E-state index in [9.17, 15) is 0 Å². The lowest BCUT2D eigenvalue weighted by Gasteiger charge is -2.29. The van der Waals surface area contributed by atoms with Gasteiger partial charge in [-0.25, -0.2) is 9.97 Å². The summed E-state index contributed by atoms with van der Waals surface area (Å²) in [5.74, 6) is 1.73. The van der Waals surface area contributed by atoms with Crippen LogP contribution in [0.5, 0.6) is 0 Å². The fourth-order valence-corrected chi connectivity index (χ4v) is 2.61. The number of piperidine rings is 1. The maximum Gasteiger partial charge on any atom is 0.142 e. The minimum absolute atomic E-state index is 0.786. The molecule has 100 valence electrons. The summed E-state index contributed by atoms with van der Waals surface area (Å²) in [5, 5.41) is 3.49. The Morgan fingerprint density at radius 2 is 2.22 bits per heavy atom. The van der Waals surface area contributed by atoms with Crippen LogP contribution in [0, 0.1) is 5.92 Å². The van der Waals surface area contributed by atoms with Gasteiger partial charge in [0.15, 0.2) is 0 Å². The predicted octanol–water partition coefficient (Wildman–Crippen LogP) is 1.69. The topological polar surface area (TPSA) is 41.1 Å². The van der Waals surface area contributed by atoms with E-state index in [0.29, 0.717) is 0 Å². The van der Waals surface area contributed by atoms with Crippen molar-refractivity contribution in [3.05, 3.63) is 24.3 Å². The highest BCUT2D eigenvalue weighted by molar-refractivity contribution is 4.89. The molecule has 1 unspecified atom stereocenters. The fraction of sp³-hybridized carbons (Fsp3) is 0.714. The van der Waals surface area contributed by atoms with Gasteiger partial charge in [-0.3, -0.25) is 4.90 Å². The van der Waals surface area contributed by atoms with Gasteiger partial charge in [0, 0.05) is 18.9 Å². The molecule has 4 nitrogen and oxygen atoms in total. The van der Waals surface area contributed by atoms with Gasteiger partial charge in [0.2, 0.25) is 0 Å². The van der Waals surface area contributed by atoms with Gasteiger partial charge in [-0.05, 0) is 50.9 Å². The third kappa shape index (κ3) is 4.35. The van der Waals surface area contributed by atoms with E-state index in [0.717, 1.165) is 31.4 Å². The Hall–Kier alpha value is -1.00. The smallest absolute Gasteiger partial charge is 0.142 e. The van der Waals surface area contributed by atoms with E-state index in [1.807, 2.05) is 18.5 Å². The zero-order chi connectivity index (χ0) is 12.6. The van der Waals surface area contributed by atoms with Crippen molar-refractivity contribution < 1.29 is 0 Å². The van der Waals surface area contributed by atoms with Crippen LogP contribution >= 0.6 is 0 Å². The molecule has 0 amide bonds. The molecule has 1 aliphatic rings. The van der Waals surface area contributed by atoms with Crippen molar-refractivity contribution in [2.24, 2.45) is 5.92 Å². The number of nitrogens with zero attached hydrogens (tertiary/aromatic N) is 3. The molecule has 1 aromatic heterocycles. The first-order chi connectivity index (χ1) is 8.88. The van der Waals surface area contributed by atoms with E-state index in [-0.39, 0.29) is 0 Å². The molecule has 1 saturated heterocycles. The first kappa shape index (κ1) is 13.4. The van der Waals surface area contributed by atoms with Crippen LogP contribution in [0.3, 0.4) is 0 Å². The minimum atomic E-state index is 0.786. The number of hydrogen-bond acceptors (Lipinski definition) is 4. The van der Waals surface area contributed by atoms with Crippen LogP contribution in [0.4, 0.5) is 0 Å². The second-order valence-corrected chi connectivity index (χ2v) is 5.11. The molecule has 1 atom stereocenters. The predicted molar refractivity (Wildman–Crippen MR) is 73.2 cm³/mol. The van der Waals surface area contributed by atoms with E-state index in [2.05, 4.69) is 27.1 Å². The van der Waals surface area contributed by atoms with Crippen LogP contribution in [0.25, 0.3) is 0 Å². The monoisotopic (exact) mass is 248 g/mol. The summed E-state index contributed by atoms with van der Waals surface area (Å²) in [4.78, 5) is 11.1. The Morgan fingerprint density at radius 1 is 1.39 bits per heavy atom. The number of aromatic nitrogens is 2.